The number of carboxylic acids is 1. The van der Waals surface area contributed by atoms with Crippen LogP contribution in [-0.4, -0.2) is 66.8 Å². The molecule has 9 atom stereocenters. The Bertz CT molecular complexity index is 1350. The van der Waals surface area contributed by atoms with Crippen molar-refractivity contribution in [2.45, 2.75) is 90.6 Å². The SMILES string of the molecule is CC(C)[C@H]1C(O)[C@@H](C(N)=O)C(=O)[C@]2(O)C(O)[C@H]3C(=O)c4c(O)c(C(C)(C)C)cc(C(N)C(=O)O)c4C[C@]3(C)C[C@]12C. The van der Waals surface area contributed by atoms with E-state index in [2.05, 4.69) is 0 Å². The molecule has 4 rings (SSSR count). The van der Waals surface area contributed by atoms with Gasteiger partial charge in [-0.15, -0.1) is 0 Å². The molecular weight excluding hydrogens is 532 g/mol. The summed E-state index contributed by atoms with van der Waals surface area (Å²) in [5.74, 6) is -9.26. The van der Waals surface area contributed by atoms with E-state index in [9.17, 15) is 44.7 Å². The number of fused-ring (bicyclic) bond motifs is 3. The van der Waals surface area contributed by atoms with Gasteiger partial charge in [-0.3, -0.25) is 19.2 Å². The number of aliphatic hydroxyl groups is 3. The number of aliphatic hydroxyl groups excluding tert-OH is 2. The van der Waals surface area contributed by atoms with Crippen molar-refractivity contribution in [2.75, 3.05) is 0 Å². The monoisotopic (exact) mass is 574 g/mol. The van der Waals surface area contributed by atoms with Gasteiger partial charge in [0.1, 0.15) is 23.8 Å². The lowest BCUT2D eigenvalue weighted by Gasteiger charge is -2.66. The van der Waals surface area contributed by atoms with Crippen molar-refractivity contribution in [2.24, 2.45) is 46.0 Å². The normalized spacial score (nSPS) is 37.7. The van der Waals surface area contributed by atoms with Gasteiger partial charge in [0, 0.05) is 11.0 Å². The first-order valence-corrected chi connectivity index (χ1v) is 13.9. The number of Topliss-reactive ketones (excluding diaryl/α,β-unsaturated/α-hetero) is 2. The van der Waals surface area contributed by atoms with Gasteiger partial charge in [-0.1, -0.05) is 48.5 Å². The topological polar surface area (TPSA) is 221 Å². The van der Waals surface area contributed by atoms with E-state index < -0.39 is 81.3 Å². The fourth-order valence-electron chi connectivity index (χ4n) is 8.61. The lowest BCUT2D eigenvalue weighted by Crippen LogP contribution is -2.79. The molecule has 0 aromatic heterocycles. The van der Waals surface area contributed by atoms with Crippen molar-refractivity contribution >= 4 is 23.4 Å². The number of ketones is 2. The zero-order valence-corrected chi connectivity index (χ0v) is 24.6. The average molecular weight is 575 g/mol. The molecule has 3 aliphatic carbocycles. The summed E-state index contributed by atoms with van der Waals surface area (Å²) in [6, 6.07) is -0.0130. The standard InChI is InChI=1S/C30H42N2O9/c1-11(2)17-22(35)16(25(32)38)23(36)30(41)24(37)18-21(34)15-13(9-28(18,6)10-29(17,30)7)12(19(31)26(39)40)8-14(20(15)33)27(3,4)5/h8,11,16-19,22,24,33,35,37,41H,9-10,31H2,1-7H3,(H2,32,38)(H,39,40)/t16-,17+,18-,19?,22?,24?,28-,29-,30+/m1/s1. The third kappa shape index (κ3) is 4.00. The third-order valence-corrected chi connectivity index (χ3v) is 10.2. The number of aromatic hydroxyl groups is 1. The highest BCUT2D eigenvalue weighted by Crippen LogP contribution is 2.66. The first-order valence-electron chi connectivity index (χ1n) is 13.9. The molecule has 0 radical (unpaired) electrons. The van der Waals surface area contributed by atoms with Gasteiger partial charge in [-0.05, 0) is 52.7 Å². The van der Waals surface area contributed by atoms with Gasteiger partial charge in [0.2, 0.25) is 5.91 Å². The minimum Gasteiger partial charge on any atom is -0.507 e. The van der Waals surface area contributed by atoms with Gasteiger partial charge >= 0.3 is 5.97 Å². The van der Waals surface area contributed by atoms with Gasteiger partial charge in [-0.2, -0.15) is 0 Å². The number of carbonyl (C=O) groups is 4. The zero-order valence-electron chi connectivity index (χ0n) is 24.6. The molecule has 1 aromatic carbocycles. The van der Waals surface area contributed by atoms with Gasteiger partial charge < -0.3 is 37.0 Å². The van der Waals surface area contributed by atoms with Crippen molar-refractivity contribution in [1.29, 1.82) is 0 Å². The molecule has 0 saturated heterocycles. The minimum absolute atomic E-state index is 0.00981. The summed E-state index contributed by atoms with van der Waals surface area (Å²) < 4.78 is 0. The maximum absolute atomic E-state index is 14.4. The highest BCUT2D eigenvalue weighted by atomic mass is 16.4. The van der Waals surface area contributed by atoms with E-state index in [0.717, 1.165) is 0 Å². The summed E-state index contributed by atoms with van der Waals surface area (Å²) in [6.07, 6.45) is -3.63. The Morgan fingerprint density at radius 2 is 1.68 bits per heavy atom. The van der Waals surface area contributed by atoms with E-state index in [1.807, 2.05) is 0 Å². The molecule has 0 bridgehead atoms. The lowest BCUT2D eigenvalue weighted by molar-refractivity contribution is -0.265. The fraction of sp³-hybridized carbons (Fsp3) is 0.667. The molecule has 41 heavy (non-hydrogen) atoms. The molecule has 1 aromatic rings. The Labute approximate surface area is 238 Å². The number of hydrogen-bond acceptors (Lipinski definition) is 9. The number of carboxylic acid groups (broad SMARTS) is 1. The highest BCUT2D eigenvalue weighted by molar-refractivity contribution is 6.09. The Morgan fingerprint density at radius 1 is 1.12 bits per heavy atom. The van der Waals surface area contributed by atoms with Crippen molar-refractivity contribution in [3.05, 3.63) is 28.3 Å². The van der Waals surface area contributed by atoms with E-state index in [1.54, 1.807) is 48.5 Å². The number of benzene rings is 1. The third-order valence-electron chi connectivity index (χ3n) is 10.2. The molecular formula is C30H42N2O9. The zero-order chi connectivity index (χ0) is 31.4. The number of phenolic OH excluding ortho intramolecular Hbond substituents is 1. The van der Waals surface area contributed by atoms with Gasteiger partial charge in [0.05, 0.1) is 17.6 Å². The number of rotatable bonds is 4. The van der Waals surface area contributed by atoms with E-state index in [0.29, 0.717) is 0 Å². The molecule has 0 aliphatic heterocycles. The highest BCUT2D eigenvalue weighted by Gasteiger charge is 2.76. The first-order chi connectivity index (χ1) is 18.6. The fourth-order valence-corrected chi connectivity index (χ4v) is 8.61. The first kappa shape index (κ1) is 31.1. The Hall–Kier alpha value is -2.86. The summed E-state index contributed by atoms with van der Waals surface area (Å²) in [6.45, 7) is 12.1. The molecule has 3 aliphatic rings. The molecule has 11 heteroatoms. The van der Waals surface area contributed by atoms with Crippen LogP contribution in [0.2, 0.25) is 0 Å². The van der Waals surface area contributed by atoms with E-state index in [1.165, 1.54) is 6.07 Å². The van der Waals surface area contributed by atoms with E-state index >= 15 is 0 Å². The van der Waals surface area contributed by atoms with Gasteiger partial charge in [0.15, 0.2) is 17.2 Å². The maximum atomic E-state index is 14.4. The Balaban J connectivity index is 2.04. The molecule has 3 unspecified atom stereocenters. The van der Waals surface area contributed by atoms with Crippen LogP contribution < -0.4 is 11.5 Å². The number of nitrogens with two attached hydrogens (primary N) is 2. The van der Waals surface area contributed by atoms with Crippen LogP contribution >= 0.6 is 0 Å². The lowest BCUT2D eigenvalue weighted by atomic mass is 9.39. The van der Waals surface area contributed by atoms with Crippen molar-refractivity contribution in [3.63, 3.8) is 0 Å². The van der Waals surface area contributed by atoms with Crippen LogP contribution in [0.3, 0.4) is 0 Å². The number of amides is 1. The van der Waals surface area contributed by atoms with Crippen LogP contribution in [0.4, 0.5) is 0 Å². The minimum atomic E-state index is -2.63. The smallest absolute Gasteiger partial charge is 0.325 e. The predicted molar refractivity (Wildman–Crippen MR) is 147 cm³/mol. The second kappa shape index (κ2) is 9.32. The van der Waals surface area contributed by atoms with Crippen LogP contribution in [-0.2, 0) is 26.2 Å². The van der Waals surface area contributed by atoms with Crippen LogP contribution in [0.25, 0.3) is 0 Å². The molecule has 0 spiro atoms. The maximum Gasteiger partial charge on any atom is 0.325 e. The van der Waals surface area contributed by atoms with E-state index in [4.69, 9.17) is 11.5 Å². The molecule has 11 nitrogen and oxygen atoms in total. The second-order valence-electron chi connectivity index (χ2n) is 14.3. The Morgan fingerprint density at radius 3 is 2.15 bits per heavy atom. The van der Waals surface area contributed by atoms with Crippen LogP contribution in [0.15, 0.2) is 6.07 Å². The number of carbonyl (C=O) groups excluding carboxylic acids is 3. The molecule has 1 amide bonds. The average Bonchev–Trinajstić information content (AvgIpc) is 2.79. The quantitative estimate of drug-likeness (QED) is 0.252. The van der Waals surface area contributed by atoms with Gasteiger partial charge in [-0.25, -0.2) is 0 Å². The number of primary amides is 1. The number of hydrogen-bond donors (Lipinski definition) is 7. The van der Waals surface area contributed by atoms with Crippen molar-refractivity contribution in [1.82, 2.24) is 0 Å². The second-order valence-corrected chi connectivity index (χ2v) is 14.3. The Kier molecular flexibility index (Phi) is 7.07. The summed E-state index contributed by atoms with van der Waals surface area (Å²) in [5.41, 5.74) is 6.01. The van der Waals surface area contributed by atoms with Crippen molar-refractivity contribution in [3.8, 4) is 5.75 Å². The van der Waals surface area contributed by atoms with Gasteiger partial charge in [0.25, 0.3) is 0 Å². The molecule has 0 heterocycles. The predicted octanol–water partition coefficient (Wildman–Crippen LogP) is 0.955. The number of aliphatic carboxylic acids is 1. The summed E-state index contributed by atoms with van der Waals surface area (Å²) >= 11 is 0. The van der Waals surface area contributed by atoms with Crippen LogP contribution in [0.1, 0.15) is 88.0 Å². The molecule has 2 saturated carbocycles. The van der Waals surface area contributed by atoms with Crippen molar-refractivity contribution < 1.29 is 44.7 Å². The summed E-state index contributed by atoms with van der Waals surface area (Å²) in [4.78, 5) is 52.6. The van der Waals surface area contributed by atoms with Crippen LogP contribution in [0, 0.1) is 34.5 Å². The van der Waals surface area contributed by atoms with Crippen LogP contribution in [0.5, 0.6) is 5.75 Å². The molecule has 9 N–H and O–H groups in total. The summed E-state index contributed by atoms with van der Waals surface area (Å²) in [7, 11) is 0. The number of phenols is 1. The largest absolute Gasteiger partial charge is 0.507 e. The molecule has 2 fully saturated rings. The summed E-state index contributed by atoms with van der Waals surface area (Å²) in [5, 5.41) is 56.6. The molecule has 226 valence electrons. The van der Waals surface area contributed by atoms with E-state index in [-0.39, 0.29) is 46.8 Å².